The average Bonchev–Trinajstić information content (AvgIpc) is 2.50. The van der Waals surface area contributed by atoms with E-state index in [-0.39, 0.29) is 13.1 Å². The molecule has 0 fully saturated rings. The van der Waals surface area contributed by atoms with Crippen molar-refractivity contribution >= 4 is 35.6 Å². The molecule has 1 rings (SSSR count). The largest absolute Gasteiger partial charge is 0.478 e. The van der Waals surface area contributed by atoms with Gasteiger partial charge in [-0.2, -0.15) is 0 Å². The number of carboxylic acid groups (broad SMARTS) is 1. The van der Waals surface area contributed by atoms with Gasteiger partial charge in [-0.25, -0.2) is 23.8 Å². The highest BCUT2D eigenvalue weighted by Crippen LogP contribution is 2.25. The number of halogens is 2. The van der Waals surface area contributed by atoms with Gasteiger partial charge in [0.15, 0.2) is 11.6 Å². The normalized spacial score (nSPS) is 11.6. The number of alkyl carbamates (subject to hydrolysis) is 1. The van der Waals surface area contributed by atoms with Crippen LogP contribution in [0.5, 0.6) is 0 Å². The molecule has 2 amide bonds. The predicted octanol–water partition coefficient (Wildman–Crippen LogP) is 3.84. The standard InChI is InChI=1S/C18H25ClFN3O6/c1-17(2,3)28-15(26)21-7-8-23(16(27)29-18(4,5)6)13-11(20)9-10(14(24)25)12(19)22-13/h9H,7-8H2,1-6H3,(H,21,26)(H,24,25). The second-order valence-electron chi connectivity index (χ2n) is 8.00. The van der Waals surface area contributed by atoms with Gasteiger partial charge in [-0.05, 0) is 47.6 Å². The van der Waals surface area contributed by atoms with E-state index in [0.29, 0.717) is 6.07 Å². The molecule has 2 N–H and O–H groups in total. The first kappa shape index (κ1) is 24.4. The van der Waals surface area contributed by atoms with Crippen LogP contribution in [0.1, 0.15) is 51.9 Å². The Kier molecular flexibility index (Phi) is 7.79. The number of rotatable bonds is 5. The number of carbonyl (C=O) groups excluding carboxylic acids is 2. The van der Waals surface area contributed by atoms with Gasteiger partial charge >= 0.3 is 18.2 Å². The zero-order valence-corrected chi connectivity index (χ0v) is 17.9. The third-order valence-electron chi connectivity index (χ3n) is 3.01. The van der Waals surface area contributed by atoms with Gasteiger partial charge in [0, 0.05) is 13.1 Å². The third kappa shape index (κ3) is 8.10. The fourth-order valence-electron chi connectivity index (χ4n) is 1.98. The van der Waals surface area contributed by atoms with E-state index in [1.807, 2.05) is 0 Å². The molecule has 0 spiro atoms. The maximum Gasteiger partial charge on any atom is 0.416 e. The van der Waals surface area contributed by atoms with Crippen LogP contribution in [0.4, 0.5) is 19.8 Å². The Morgan fingerprint density at radius 1 is 1.17 bits per heavy atom. The predicted molar refractivity (Wildman–Crippen MR) is 104 cm³/mol. The lowest BCUT2D eigenvalue weighted by molar-refractivity contribution is 0.0512. The van der Waals surface area contributed by atoms with E-state index in [9.17, 15) is 18.8 Å². The van der Waals surface area contributed by atoms with Crippen molar-refractivity contribution in [3.8, 4) is 0 Å². The summed E-state index contributed by atoms with van der Waals surface area (Å²) in [5.41, 5.74) is -2.17. The molecular formula is C18H25ClFN3O6. The summed E-state index contributed by atoms with van der Waals surface area (Å²) in [6, 6.07) is 0.658. The van der Waals surface area contributed by atoms with Crippen molar-refractivity contribution in [1.82, 2.24) is 10.3 Å². The molecule has 29 heavy (non-hydrogen) atoms. The number of aromatic carboxylic acids is 1. The van der Waals surface area contributed by atoms with E-state index in [4.69, 9.17) is 26.2 Å². The molecule has 0 atom stereocenters. The Bertz CT molecular complexity index is 789. The fourth-order valence-corrected chi connectivity index (χ4v) is 2.20. The van der Waals surface area contributed by atoms with Crippen molar-refractivity contribution in [2.45, 2.75) is 52.7 Å². The van der Waals surface area contributed by atoms with Crippen LogP contribution >= 0.6 is 11.6 Å². The number of pyridine rings is 1. The van der Waals surface area contributed by atoms with Crippen molar-refractivity contribution in [2.24, 2.45) is 0 Å². The Morgan fingerprint density at radius 2 is 1.72 bits per heavy atom. The number of amides is 2. The summed E-state index contributed by atoms with van der Waals surface area (Å²) in [4.78, 5) is 39.9. The number of carboxylic acids is 1. The molecule has 162 valence electrons. The highest BCUT2D eigenvalue weighted by molar-refractivity contribution is 6.32. The number of hydrogen-bond acceptors (Lipinski definition) is 6. The Morgan fingerprint density at radius 3 is 2.21 bits per heavy atom. The van der Waals surface area contributed by atoms with Crippen LogP contribution in [0.25, 0.3) is 0 Å². The van der Waals surface area contributed by atoms with Gasteiger partial charge in [0.1, 0.15) is 16.4 Å². The topological polar surface area (TPSA) is 118 Å². The minimum Gasteiger partial charge on any atom is -0.478 e. The van der Waals surface area contributed by atoms with Gasteiger partial charge in [-0.1, -0.05) is 11.6 Å². The highest BCUT2D eigenvalue weighted by atomic mass is 35.5. The van der Waals surface area contributed by atoms with Gasteiger partial charge < -0.3 is 19.9 Å². The van der Waals surface area contributed by atoms with Crippen LogP contribution in [0.3, 0.4) is 0 Å². The van der Waals surface area contributed by atoms with Crippen molar-refractivity contribution in [1.29, 1.82) is 0 Å². The Balaban J connectivity index is 3.10. The summed E-state index contributed by atoms with van der Waals surface area (Å²) < 4.78 is 24.8. The number of nitrogens with one attached hydrogen (secondary N) is 1. The average molecular weight is 434 g/mol. The lowest BCUT2D eigenvalue weighted by Gasteiger charge is -2.27. The molecule has 0 aliphatic rings. The van der Waals surface area contributed by atoms with Crippen molar-refractivity contribution < 1.29 is 33.4 Å². The molecule has 1 heterocycles. The molecule has 0 saturated heterocycles. The molecule has 0 aliphatic heterocycles. The summed E-state index contributed by atoms with van der Waals surface area (Å²) >= 11 is 5.81. The smallest absolute Gasteiger partial charge is 0.416 e. The minimum atomic E-state index is -1.47. The lowest BCUT2D eigenvalue weighted by atomic mass is 10.2. The van der Waals surface area contributed by atoms with Crippen LogP contribution in [0.15, 0.2) is 6.07 Å². The summed E-state index contributed by atoms with van der Waals surface area (Å²) in [6.07, 6.45) is -1.68. The first-order valence-electron chi connectivity index (χ1n) is 8.67. The van der Waals surface area contributed by atoms with E-state index < -0.39 is 51.7 Å². The van der Waals surface area contributed by atoms with Crippen molar-refractivity contribution in [3.05, 3.63) is 22.6 Å². The summed E-state index contributed by atoms with van der Waals surface area (Å²) in [6.45, 7) is 9.56. The highest BCUT2D eigenvalue weighted by Gasteiger charge is 2.28. The maximum atomic E-state index is 14.5. The third-order valence-corrected chi connectivity index (χ3v) is 3.30. The van der Waals surface area contributed by atoms with Crippen LogP contribution in [-0.4, -0.2) is 52.5 Å². The van der Waals surface area contributed by atoms with E-state index in [1.54, 1.807) is 41.5 Å². The number of anilines is 1. The molecule has 0 bridgehead atoms. The van der Waals surface area contributed by atoms with E-state index >= 15 is 0 Å². The molecule has 11 heteroatoms. The number of nitrogens with zero attached hydrogens (tertiary/aromatic N) is 2. The maximum absolute atomic E-state index is 14.5. The Hall–Kier alpha value is -2.62. The van der Waals surface area contributed by atoms with E-state index in [1.165, 1.54) is 0 Å². The van der Waals surface area contributed by atoms with Gasteiger partial charge in [0.25, 0.3) is 0 Å². The zero-order chi connectivity index (χ0) is 22.6. The van der Waals surface area contributed by atoms with Gasteiger partial charge in [-0.15, -0.1) is 0 Å². The molecule has 0 radical (unpaired) electrons. The minimum absolute atomic E-state index is 0.117. The van der Waals surface area contributed by atoms with Crippen LogP contribution in [-0.2, 0) is 9.47 Å². The molecule has 0 unspecified atom stereocenters. The van der Waals surface area contributed by atoms with Gasteiger partial charge in [-0.3, -0.25) is 4.90 Å². The van der Waals surface area contributed by atoms with Crippen LogP contribution in [0.2, 0.25) is 5.15 Å². The van der Waals surface area contributed by atoms with Gasteiger partial charge in [0.05, 0.1) is 5.56 Å². The molecule has 9 nitrogen and oxygen atoms in total. The van der Waals surface area contributed by atoms with Crippen LogP contribution < -0.4 is 10.2 Å². The van der Waals surface area contributed by atoms with Crippen LogP contribution in [0, 0.1) is 5.82 Å². The summed E-state index contributed by atoms with van der Waals surface area (Å²) in [5, 5.41) is 11.0. The molecule has 1 aromatic heterocycles. The molecule has 0 aromatic carbocycles. The number of aromatic nitrogens is 1. The fraction of sp³-hybridized carbons (Fsp3) is 0.556. The molecular weight excluding hydrogens is 409 g/mol. The first-order chi connectivity index (χ1) is 13.1. The van der Waals surface area contributed by atoms with E-state index in [0.717, 1.165) is 4.90 Å². The molecule has 0 saturated carbocycles. The van der Waals surface area contributed by atoms with Crippen molar-refractivity contribution in [3.63, 3.8) is 0 Å². The number of hydrogen-bond donors (Lipinski definition) is 2. The quantitative estimate of drug-likeness (QED) is 0.677. The second kappa shape index (κ2) is 9.25. The molecule has 1 aromatic rings. The molecule has 0 aliphatic carbocycles. The number of carbonyl (C=O) groups is 3. The lowest BCUT2D eigenvalue weighted by Crippen LogP contribution is -2.43. The SMILES string of the molecule is CC(C)(C)OC(=O)NCCN(C(=O)OC(C)(C)C)c1nc(Cl)c(C(=O)O)cc1F. The van der Waals surface area contributed by atoms with Gasteiger partial charge in [0.2, 0.25) is 0 Å². The van der Waals surface area contributed by atoms with E-state index in [2.05, 4.69) is 10.3 Å². The number of ether oxygens (including phenoxy) is 2. The summed E-state index contributed by atoms with van der Waals surface area (Å²) in [5.74, 6) is -3.08. The Labute approximate surface area is 173 Å². The summed E-state index contributed by atoms with van der Waals surface area (Å²) in [7, 11) is 0. The zero-order valence-electron chi connectivity index (χ0n) is 17.1. The monoisotopic (exact) mass is 433 g/mol. The second-order valence-corrected chi connectivity index (χ2v) is 8.36. The van der Waals surface area contributed by atoms with Crippen molar-refractivity contribution in [2.75, 3.05) is 18.0 Å². The first-order valence-corrected chi connectivity index (χ1v) is 9.05.